The van der Waals surface area contributed by atoms with Gasteiger partial charge in [-0.1, -0.05) is 11.6 Å². The minimum atomic E-state index is 0.153. The highest BCUT2D eigenvalue weighted by molar-refractivity contribution is 14.1. The topological polar surface area (TPSA) is 50.3 Å². The van der Waals surface area contributed by atoms with Crippen molar-refractivity contribution >= 4 is 57.3 Å². The summed E-state index contributed by atoms with van der Waals surface area (Å²) in [6, 6.07) is 5.93. The van der Waals surface area contributed by atoms with Crippen LogP contribution in [0.25, 0.3) is 0 Å². The molecule has 158 valence electrons. The summed E-state index contributed by atoms with van der Waals surface area (Å²) >= 11 is 14.2. The number of nitrogens with one attached hydrogen (secondary N) is 1. The zero-order valence-corrected chi connectivity index (χ0v) is 20.7. The lowest BCUT2D eigenvalue weighted by Crippen LogP contribution is -2.46. The van der Waals surface area contributed by atoms with Gasteiger partial charge in [0, 0.05) is 11.2 Å². The van der Waals surface area contributed by atoms with Crippen LogP contribution < -0.4 is 10.1 Å². The minimum Gasteiger partial charge on any atom is -0.492 e. The highest BCUT2D eigenvalue weighted by Gasteiger charge is 2.26. The molecule has 29 heavy (non-hydrogen) atoms. The van der Waals surface area contributed by atoms with Crippen molar-refractivity contribution in [2.45, 2.75) is 45.6 Å². The van der Waals surface area contributed by atoms with Gasteiger partial charge in [0.2, 0.25) is 5.28 Å². The summed E-state index contributed by atoms with van der Waals surface area (Å²) in [7, 11) is 0. The van der Waals surface area contributed by atoms with Crippen molar-refractivity contribution in [3.8, 4) is 5.75 Å². The van der Waals surface area contributed by atoms with Crippen LogP contribution in [0.1, 0.15) is 40.0 Å². The monoisotopic (exact) mass is 548 g/mol. The number of hydrogen-bond donors (Lipinski definition) is 1. The summed E-state index contributed by atoms with van der Waals surface area (Å²) in [6.45, 7) is 10.00. The molecule has 0 saturated carbocycles. The van der Waals surface area contributed by atoms with Crippen molar-refractivity contribution in [3.05, 3.63) is 38.3 Å². The fourth-order valence-corrected chi connectivity index (χ4v) is 4.44. The van der Waals surface area contributed by atoms with Crippen LogP contribution in [-0.2, 0) is 0 Å². The Balaban J connectivity index is 1.49. The second kappa shape index (κ2) is 9.98. The third kappa shape index (κ3) is 6.57. The van der Waals surface area contributed by atoms with Crippen molar-refractivity contribution in [2.75, 3.05) is 25.0 Å². The van der Waals surface area contributed by atoms with E-state index in [9.17, 15) is 0 Å². The van der Waals surface area contributed by atoms with Crippen LogP contribution in [0.2, 0.25) is 10.3 Å². The molecule has 0 unspecified atom stereocenters. The summed E-state index contributed by atoms with van der Waals surface area (Å²) < 4.78 is 7.09. The minimum absolute atomic E-state index is 0.153. The molecule has 0 aliphatic carbocycles. The maximum Gasteiger partial charge on any atom is 0.224 e. The van der Waals surface area contributed by atoms with E-state index in [0.29, 0.717) is 10.8 Å². The van der Waals surface area contributed by atoms with E-state index in [1.165, 1.54) is 32.1 Å². The molecule has 1 aromatic heterocycles. The summed E-state index contributed by atoms with van der Waals surface area (Å²) in [6.07, 6.45) is 5.09. The van der Waals surface area contributed by atoms with Crippen molar-refractivity contribution in [2.24, 2.45) is 5.92 Å². The molecule has 0 bridgehead atoms. The van der Waals surface area contributed by atoms with Crippen molar-refractivity contribution in [3.63, 3.8) is 0 Å². The smallest absolute Gasteiger partial charge is 0.224 e. The van der Waals surface area contributed by atoms with Gasteiger partial charge >= 0.3 is 0 Å². The number of piperidine rings is 1. The van der Waals surface area contributed by atoms with E-state index >= 15 is 0 Å². The number of rotatable bonds is 6. The predicted octanol–water partition coefficient (Wildman–Crippen LogP) is 6.41. The number of likely N-dealkylation sites (tertiary alicyclic amines) is 1. The molecule has 0 atom stereocenters. The van der Waals surface area contributed by atoms with Crippen molar-refractivity contribution in [1.82, 2.24) is 14.9 Å². The van der Waals surface area contributed by atoms with Gasteiger partial charge in [0.25, 0.3) is 0 Å². The Labute approximate surface area is 196 Å². The zero-order chi connectivity index (χ0) is 21.0. The third-order valence-electron chi connectivity index (χ3n) is 5.26. The highest BCUT2D eigenvalue weighted by Crippen LogP contribution is 2.30. The number of nitrogens with zero attached hydrogens (tertiary/aromatic N) is 3. The molecule has 8 heteroatoms. The maximum atomic E-state index is 6.12. The number of anilines is 2. The summed E-state index contributed by atoms with van der Waals surface area (Å²) in [5, 5.41) is 3.74. The lowest BCUT2D eigenvalue weighted by molar-refractivity contribution is 0.0810. The molecule has 3 rings (SSSR count). The Kier molecular flexibility index (Phi) is 7.87. The average molecular weight is 549 g/mol. The first-order valence-corrected chi connectivity index (χ1v) is 11.7. The number of aromatic nitrogens is 2. The second-order valence-electron chi connectivity index (χ2n) is 8.34. The fraction of sp³-hybridized carbons (Fsp3) is 0.524. The molecular formula is C21H27Cl2IN4O. The van der Waals surface area contributed by atoms with Crippen LogP contribution in [0.5, 0.6) is 5.75 Å². The Hall–Kier alpha value is -0.830. The normalized spacial score (nSPS) is 16.1. The largest absolute Gasteiger partial charge is 0.492 e. The van der Waals surface area contributed by atoms with Crippen LogP contribution in [0, 0.1) is 9.49 Å². The van der Waals surface area contributed by atoms with Crippen LogP contribution in [0.4, 0.5) is 11.5 Å². The Morgan fingerprint density at radius 1 is 1.24 bits per heavy atom. The quantitative estimate of drug-likeness (QED) is 0.334. The van der Waals surface area contributed by atoms with Crippen LogP contribution in [0.3, 0.4) is 0 Å². The molecule has 1 saturated heterocycles. The van der Waals surface area contributed by atoms with Gasteiger partial charge in [-0.05, 0) is 111 Å². The van der Waals surface area contributed by atoms with Crippen LogP contribution >= 0.6 is 45.8 Å². The van der Waals surface area contributed by atoms with E-state index in [4.69, 9.17) is 27.9 Å². The lowest BCUT2D eigenvalue weighted by Gasteiger charge is -2.40. The van der Waals surface area contributed by atoms with E-state index in [-0.39, 0.29) is 10.8 Å². The lowest BCUT2D eigenvalue weighted by atomic mass is 9.91. The summed E-state index contributed by atoms with van der Waals surface area (Å²) in [5.41, 5.74) is 1.14. The molecule has 2 heterocycles. The highest BCUT2D eigenvalue weighted by atomic mass is 127. The van der Waals surface area contributed by atoms with Crippen molar-refractivity contribution < 1.29 is 4.74 Å². The van der Waals surface area contributed by atoms with Gasteiger partial charge in [-0.25, -0.2) is 4.98 Å². The first-order chi connectivity index (χ1) is 13.7. The molecule has 1 fully saturated rings. The molecule has 5 nitrogen and oxygen atoms in total. The van der Waals surface area contributed by atoms with Gasteiger partial charge in [0.05, 0.1) is 16.4 Å². The SMILES string of the molecule is CC(C)(C)N1CCC(CCOc2ccc(Nc3nc(Cl)ncc3Cl)cc2I)CC1. The number of benzene rings is 1. The first kappa shape index (κ1) is 22.8. The predicted molar refractivity (Wildman–Crippen MR) is 129 cm³/mol. The first-order valence-electron chi connectivity index (χ1n) is 9.85. The Bertz CT molecular complexity index is 836. The van der Waals surface area contributed by atoms with E-state index in [1.54, 1.807) is 0 Å². The van der Waals surface area contributed by atoms with E-state index in [0.717, 1.165) is 34.0 Å². The van der Waals surface area contributed by atoms with E-state index < -0.39 is 0 Å². The molecule has 1 aliphatic rings. The van der Waals surface area contributed by atoms with Crippen LogP contribution in [0.15, 0.2) is 24.4 Å². The van der Waals surface area contributed by atoms with Gasteiger partial charge in [0.1, 0.15) is 10.8 Å². The standard InChI is InChI=1S/C21H27Cl2IN4O/c1-21(2,3)28-9-6-14(7-10-28)8-11-29-18-5-4-15(12-17(18)24)26-19-16(22)13-25-20(23)27-19/h4-5,12-14H,6-11H2,1-3H3,(H,25,26,27). The molecule has 2 aromatic rings. The van der Waals surface area contributed by atoms with Crippen molar-refractivity contribution in [1.29, 1.82) is 0 Å². The summed E-state index contributed by atoms with van der Waals surface area (Å²) in [5.74, 6) is 2.13. The van der Waals surface area contributed by atoms with Crippen LogP contribution in [-0.4, -0.2) is 40.1 Å². The molecule has 1 N–H and O–H groups in total. The van der Waals surface area contributed by atoms with Gasteiger partial charge in [0.15, 0.2) is 5.82 Å². The summed E-state index contributed by atoms with van der Waals surface area (Å²) in [4.78, 5) is 10.6. The molecular weight excluding hydrogens is 522 g/mol. The third-order valence-corrected chi connectivity index (χ3v) is 6.56. The molecule has 1 aromatic carbocycles. The van der Waals surface area contributed by atoms with E-state index in [1.807, 2.05) is 18.2 Å². The maximum absolute atomic E-state index is 6.12. The van der Waals surface area contributed by atoms with Gasteiger partial charge in [-0.15, -0.1) is 0 Å². The molecule has 0 spiro atoms. The van der Waals surface area contributed by atoms with Gasteiger partial charge < -0.3 is 10.1 Å². The molecule has 1 aliphatic heterocycles. The Morgan fingerprint density at radius 3 is 2.62 bits per heavy atom. The van der Waals surface area contributed by atoms with Gasteiger partial charge in [-0.3, -0.25) is 4.90 Å². The zero-order valence-electron chi connectivity index (χ0n) is 17.0. The number of hydrogen-bond acceptors (Lipinski definition) is 5. The molecule has 0 amide bonds. The average Bonchev–Trinajstić information content (AvgIpc) is 2.66. The Morgan fingerprint density at radius 2 is 1.97 bits per heavy atom. The van der Waals surface area contributed by atoms with Gasteiger partial charge in [-0.2, -0.15) is 4.98 Å². The fourth-order valence-electron chi connectivity index (χ4n) is 3.49. The van der Waals surface area contributed by atoms with E-state index in [2.05, 4.69) is 63.5 Å². The molecule has 0 radical (unpaired) electrons. The second-order valence-corrected chi connectivity index (χ2v) is 10.3. The number of halogens is 3. The number of ether oxygens (including phenoxy) is 1.